The van der Waals surface area contributed by atoms with E-state index >= 15 is 0 Å². The average molecular weight is 641 g/mol. The van der Waals surface area contributed by atoms with E-state index in [1.54, 1.807) is 6.08 Å². The highest BCUT2D eigenvalue weighted by Gasteiger charge is 2.21. The summed E-state index contributed by atoms with van der Waals surface area (Å²) in [5, 5.41) is 4.89. The van der Waals surface area contributed by atoms with Gasteiger partial charge in [0.1, 0.15) is 0 Å². The van der Waals surface area contributed by atoms with E-state index in [1.165, 1.54) is 38.1 Å². The number of hydrogen-bond acceptors (Lipinski definition) is 2. The quantitative estimate of drug-likeness (QED) is 0.163. The molecule has 0 radical (unpaired) electrons. The third kappa shape index (κ3) is 4.69. The van der Waals surface area contributed by atoms with E-state index in [4.69, 9.17) is 9.97 Å². The van der Waals surface area contributed by atoms with Crippen LogP contribution in [0, 0.1) is 0 Å². The summed E-state index contributed by atoms with van der Waals surface area (Å²) in [4.78, 5) is 10.1. The van der Waals surface area contributed by atoms with Gasteiger partial charge in [0.15, 0.2) is 5.82 Å². The summed E-state index contributed by atoms with van der Waals surface area (Å²) in [5.74, 6) is 0.651. The second-order valence-electron chi connectivity index (χ2n) is 12.3. The van der Waals surface area contributed by atoms with Crippen LogP contribution in [-0.2, 0) is 0 Å². The maximum atomic E-state index is 5.04. The zero-order valence-corrected chi connectivity index (χ0v) is 27.4. The number of rotatable bonds is 7. The van der Waals surface area contributed by atoms with Gasteiger partial charge in [-0.25, -0.2) is 9.97 Å². The van der Waals surface area contributed by atoms with E-state index in [-0.39, 0.29) is 0 Å². The number of nitrogens with zero attached hydrogens (tertiary/aromatic N) is 4. The van der Waals surface area contributed by atoms with Crippen molar-refractivity contribution in [3.63, 3.8) is 0 Å². The van der Waals surface area contributed by atoms with E-state index in [0.29, 0.717) is 5.82 Å². The lowest BCUT2D eigenvalue weighted by atomic mass is 10.1. The predicted molar refractivity (Wildman–Crippen MR) is 210 cm³/mol. The Morgan fingerprint density at radius 1 is 0.500 bits per heavy atom. The molecule has 0 spiro atoms. The zero-order valence-electron chi connectivity index (χ0n) is 27.4. The second kappa shape index (κ2) is 12.0. The Balaban J connectivity index is 1.29. The summed E-state index contributed by atoms with van der Waals surface area (Å²) >= 11 is 0. The van der Waals surface area contributed by atoms with Crippen molar-refractivity contribution < 1.29 is 0 Å². The van der Waals surface area contributed by atoms with Crippen molar-refractivity contribution in [2.45, 2.75) is 0 Å². The van der Waals surface area contributed by atoms with E-state index in [2.05, 4.69) is 150 Å². The van der Waals surface area contributed by atoms with E-state index < -0.39 is 0 Å². The predicted octanol–water partition coefficient (Wildman–Crippen LogP) is 11.8. The molecule has 9 aromatic rings. The lowest BCUT2D eigenvalue weighted by Gasteiger charge is -2.13. The molecule has 236 valence electrons. The fourth-order valence-corrected chi connectivity index (χ4v) is 7.24. The van der Waals surface area contributed by atoms with Crippen molar-refractivity contribution in [1.29, 1.82) is 0 Å². The summed E-state index contributed by atoms with van der Waals surface area (Å²) < 4.78 is 4.82. The maximum Gasteiger partial charge on any atom is 0.160 e. The Labute approximate surface area is 290 Å². The zero-order chi connectivity index (χ0) is 33.6. The van der Waals surface area contributed by atoms with Gasteiger partial charge in [-0.3, -0.25) is 0 Å². The molecule has 0 atom stereocenters. The fourth-order valence-electron chi connectivity index (χ4n) is 7.24. The van der Waals surface area contributed by atoms with Crippen molar-refractivity contribution in [2.24, 2.45) is 0 Å². The summed E-state index contributed by atoms with van der Waals surface area (Å²) in [5.41, 5.74) is 11.4. The van der Waals surface area contributed by atoms with Crippen LogP contribution in [0.25, 0.3) is 83.2 Å². The molecule has 0 aliphatic heterocycles. The molecule has 9 rings (SSSR count). The SMILES string of the molecule is C=C/C=C(\C=C)c1cc(-c2ccccc2)nc(-c2ccc(-n3c4ccccc4c4ccc5c6ccccc6n(-c6ccccc6)c5c43)cc2)n1. The lowest BCUT2D eigenvalue weighted by molar-refractivity contribution is 1.14. The van der Waals surface area contributed by atoms with Gasteiger partial charge in [-0.1, -0.05) is 128 Å². The molecule has 0 N–H and O–H groups in total. The number of para-hydroxylation sites is 3. The van der Waals surface area contributed by atoms with Gasteiger partial charge in [-0.05, 0) is 60.2 Å². The average Bonchev–Trinajstić information content (AvgIpc) is 3.71. The minimum absolute atomic E-state index is 0.651. The van der Waals surface area contributed by atoms with Crippen molar-refractivity contribution in [1.82, 2.24) is 19.1 Å². The van der Waals surface area contributed by atoms with Crippen LogP contribution in [0.1, 0.15) is 5.69 Å². The molecule has 3 heterocycles. The minimum atomic E-state index is 0.651. The number of benzene rings is 6. The second-order valence-corrected chi connectivity index (χ2v) is 12.3. The molecule has 3 aromatic heterocycles. The van der Waals surface area contributed by atoms with Crippen LogP contribution in [0.15, 0.2) is 183 Å². The van der Waals surface area contributed by atoms with Crippen molar-refractivity contribution in [3.8, 4) is 34.0 Å². The van der Waals surface area contributed by atoms with Crippen LogP contribution >= 0.6 is 0 Å². The molecule has 0 bridgehead atoms. The van der Waals surface area contributed by atoms with Crippen LogP contribution in [0.3, 0.4) is 0 Å². The van der Waals surface area contributed by atoms with Crippen LogP contribution < -0.4 is 0 Å². The van der Waals surface area contributed by atoms with Crippen molar-refractivity contribution in [3.05, 3.63) is 189 Å². The summed E-state index contributed by atoms with van der Waals surface area (Å²) in [6.45, 7) is 7.93. The molecule has 0 aliphatic rings. The van der Waals surface area contributed by atoms with Gasteiger partial charge in [-0.2, -0.15) is 0 Å². The van der Waals surface area contributed by atoms with Gasteiger partial charge >= 0.3 is 0 Å². The molecule has 50 heavy (non-hydrogen) atoms. The normalized spacial score (nSPS) is 11.9. The molecule has 4 nitrogen and oxygen atoms in total. The van der Waals surface area contributed by atoms with Gasteiger partial charge in [0.2, 0.25) is 0 Å². The molecule has 0 saturated heterocycles. The Morgan fingerprint density at radius 2 is 1.04 bits per heavy atom. The van der Waals surface area contributed by atoms with Crippen LogP contribution in [0.2, 0.25) is 0 Å². The van der Waals surface area contributed by atoms with Gasteiger partial charge < -0.3 is 9.13 Å². The summed E-state index contributed by atoms with van der Waals surface area (Å²) in [7, 11) is 0. The maximum absolute atomic E-state index is 5.04. The molecule has 6 aromatic carbocycles. The molecule has 0 saturated carbocycles. The Kier molecular flexibility index (Phi) is 7.07. The first-order valence-corrected chi connectivity index (χ1v) is 16.7. The molecular weight excluding hydrogens is 609 g/mol. The first-order valence-electron chi connectivity index (χ1n) is 16.7. The molecule has 0 aliphatic carbocycles. The lowest BCUT2D eigenvalue weighted by Crippen LogP contribution is -2.00. The highest BCUT2D eigenvalue weighted by molar-refractivity contribution is 6.23. The number of hydrogen-bond donors (Lipinski definition) is 0. The van der Waals surface area contributed by atoms with Crippen molar-refractivity contribution in [2.75, 3.05) is 0 Å². The van der Waals surface area contributed by atoms with Gasteiger partial charge in [0.05, 0.1) is 33.5 Å². The highest BCUT2D eigenvalue weighted by Crippen LogP contribution is 2.41. The standard InChI is InChI=1S/C46H32N4/c1-3-15-31(4-2)40-30-41(32-16-7-5-8-17-32)48-46(47-40)33-24-26-35(27-25-33)50-43-23-14-12-21-37(43)39-29-28-38-36-20-11-13-22-42(36)49(44(38)45(39)50)34-18-9-6-10-19-34/h3-30H,1-2H2/b31-15+. The largest absolute Gasteiger partial charge is 0.307 e. The fraction of sp³-hybridized carbons (Fsp3) is 0. The first kappa shape index (κ1) is 29.4. The summed E-state index contributed by atoms with van der Waals surface area (Å²) in [6, 6.07) is 53.4. The summed E-state index contributed by atoms with van der Waals surface area (Å²) in [6.07, 6.45) is 5.49. The van der Waals surface area contributed by atoms with Crippen molar-refractivity contribution >= 4 is 49.2 Å². The van der Waals surface area contributed by atoms with E-state index in [1.807, 2.05) is 36.4 Å². The Hall–Kier alpha value is -6.78. The highest BCUT2D eigenvalue weighted by atomic mass is 15.0. The van der Waals surface area contributed by atoms with Crippen LogP contribution in [-0.4, -0.2) is 19.1 Å². The first-order chi connectivity index (χ1) is 24.7. The van der Waals surface area contributed by atoms with Crippen LogP contribution in [0.5, 0.6) is 0 Å². The number of aromatic nitrogens is 4. The van der Waals surface area contributed by atoms with E-state index in [9.17, 15) is 0 Å². The molecular formula is C46H32N4. The molecule has 4 heteroatoms. The molecule has 0 amide bonds. The Bertz CT molecular complexity index is 2760. The van der Waals surface area contributed by atoms with Gasteiger partial charge in [0, 0.05) is 44.0 Å². The third-order valence-corrected chi connectivity index (χ3v) is 9.48. The smallest absolute Gasteiger partial charge is 0.160 e. The molecule has 0 unspecified atom stereocenters. The van der Waals surface area contributed by atoms with Gasteiger partial charge in [0.25, 0.3) is 0 Å². The third-order valence-electron chi connectivity index (χ3n) is 9.48. The number of allylic oxidation sites excluding steroid dienone is 4. The molecule has 0 fully saturated rings. The van der Waals surface area contributed by atoms with E-state index in [0.717, 1.165) is 45.0 Å². The number of fused-ring (bicyclic) bond motifs is 7. The van der Waals surface area contributed by atoms with Crippen LogP contribution in [0.4, 0.5) is 0 Å². The van der Waals surface area contributed by atoms with Gasteiger partial charge in [-0.15, -0.1) is 0 Å². The Morgan fingerprint density at radius 3 is 1.62 bits per heavy atom. The topological polar surface area (TPSA) is 35.6 Å². The monoisotopic (exact) mass is 640 g/mol. The minimum Gasteiger partial charge on any atom is -0.307 e.